The first-order valence-electron chi connectivity index (χ1n) is 6.27. The van der Waals surface area contributed by atoms with Crippen LogP contribution in [0.15, 0.2) is 48.8 Å². The van der Waals surface area contributed by atoms with Crippen LogP contribution in [0.25, 0.3) is 10.4 Å². The van der Waals surface area contributed by atoms with Crippen molar-refractivity contribution in [2.75, 3.05) is 5.32 Å². The Morgan fingerprint density at radius 2 is 2.00 bits per heavy atom. The summed E-state index contributed by atoms with van der Waals surface area (Å²) >= 11 is 7.32. The van der Waals surface area contributed by atoms with Crippen LogP contribution in [0, 0.1) is 0 Å². The summed E-state index contributed by atoms with van der Waals surface area (Å²) in [4.78, 5) is 13.9. The molecule has 0 saturated carbocycles. The average molecular weight is 318 g/mol. The number of aryl methyl sites for hydroxylation is 1. The Kier molecular flexibility index (Phi) is 3.77. The molecule has 0 atom stereocenters. The number of benzene rings is 1. The Balaban J connectivity index is 1.78. The van der Waals surface area contributed by atoms with Crippen LogP contribution in [0.2, 0.25) is 5.02 Å². The molecule has 0 aliphatic rings. The molecule has 4 nitrogen and oxygen atoms in total. The second-order valence-electron chi connectivity index (χ2n) is 4.53. The van der Waals surface area contributed by atoms with E-state index in [9.17, 15) is 4.79 Å². The third-order valence-corrected chi connectivity index (χ3v) is 4.31. The van der Waals surface area contributed by atoms with E-state index in [4.69, 9.17) is 11.6 Å². The number of hydrogen-bond donors (Lipinski definition) is 1. The Hall–Kier alpha value is -2.11. The van der Waals surface area contributed by atoms with Gasteiger partial charge in [0, 0.05) is 23.1 Å². The van der Waals surface area contributed by atoms with Crippen molar-refractivity contribution in [3.8, 4) is 10.4 Å². The van der Waals surface area contributed by atoms with Gasteiger partial charge >= 0.3 is 0 Å². The van der Waals surface area contributed by atoms with E-state index in [0.717, 1.165) is 10.4 Å². The molecule has 0 aliphatic heterocycles. The number of thiophene rings is 1. The Labute approximate surface area is 131 Å². The summed E-state index contributed by atoms with van der Waals surface area (Å²) in [5.74, 6) is -0.131. The zero-order valence-corrected chi connectivity index (χ0v) is 12.8. The van der Waals surface area contributed by atoms with Crippen LogP contribution in [0.4, 0.5) is 5.69 Å². The van der Waals surface area contributed by atoms with E-state index in [1.54, 1.807) is 24.1 Å². The van der Waals surface area contributed by atoms with E-state index < -0.39 is 0 Å². The smallest absolute Gasteiger partial charge is 0.265 e. The highest BCUT2D eigenvalue weighted by molar-refractivity contribution is 7.17. The summed E-state index contributed by atoms with van der Waals surface area (Å²) in [5.41, 5.74) is 1.73. The highest BCUT2D eigenvalue weighted by Gasteiger charge is 2.11. The predicted molar refractivity (Wildman–Crippen MR) is 85.9 cm³/mol. The molecule has 2 aromatic heterocycles. The fourth-order valence-corrected chi connectivity index (χ4v) is 2.94. The van der Waals surface area contributed by atoms with Crippen molar-refractivity contribution in [1.29, 1.82) is 0 Å². The maximum Gasteiger partial charge on any atom is 0.265 e. The third kappa shape index (κ3) is 3.15. The summed E-state index contributed by atoms with van der Waals surface area (Å²) in [5, 5.41) is 7.54. The van der Waals surface area contributed by atoms with Crippen molar-refractivity contribution < 1.29 is 4.79 Å². The van der Waals surface area contributed by atoms with Gasteiger partial charge in [0.25, 0.3) is 5.91 Å². The number of carbonyl (C=O) groups excluding carboxylic acids is 1. The van der Waals surface area contributed by atoms with Crippen LogP contribution in [0.3, 0.4) is 0 Å². The molecule has 0 saturated heterocycles. The lowest BCUT2D eigenvalue weighted by atomic mass is 10.2. The van der Waals surface area contributed by atoms with Gasteiger partial charge in [-0.25, -0.2) is 0 Å². The van der Waals surface area contributed by atoms with Crippen molar-refractivity contribution >= 4 is 34.5 Å². The van der Waals surface area contributed by atoms with E-state index >= 15 is 0 Å². The molecule has 21 heavy (non-hydrogen) atoms. The van der Waals surface area contributed by atoms with Crippen molar-refractivity contribution in [2.24, 2.45) is 7.05 Å². The van der Waals surface area contributed by atoms with Crippen molar-refractivity contribution in [2.45, 2.75) is 0 Å². The summed E-state index contributed by atoms with van der Waals surface area (Å²) in [7, 11) is 1.80. The van der Waals surface area contributed by atoms with Gasteiger partial charge < -0.3 is 5.32 Å². The van der Waals surface area contributed by atoms with Gasteiger partial charge in [-0.15, -0.1) is 11.3 Å². The zero-order valence-electron chi connectivity index (χ0n) is 11.2. The molecule has 0 bridgehead atoms. The minimum absolute atomic E-state index is 0.131. The molecule has 0 aliphatic carbocycles. The monoisotopic (exact) mass is 317 g/mol. The molecule has 0 unspecified atom stereocenters. The molecule has 1 amide bonds. The molecule has 1 aromatic carbocycles. The van der Waals surface area contributed by atoms with Crippen LogP contribution in [0.5, 0.6) is 0 Å². The molecule has 1 N–H and O–H groups in total. The maximum absolute atomic E-state index is 12.2. The zero-order chi connectivity index (χ0) is 14.8. The molecule has 0 spiro atoms. The van der Waals surface area contributed by atoms with Crippen LogP contribution < -0.4 is 5.32 Å². The molecular formula is C15H12ClN3OS. The van der Waals surface area contributed by atoms with Gasteiger partial charge in [0.15, 0.2) is 0 Å². The van der Waals surface area contributed by atoms with Gasteiger partial charge in [0.2, 0.25) is 0 Å². The fraction of sp³-hybridized carbons (Fsp3) is 0.0667. The first-order valence-corrected chi connectivity index (χ1v) is 7.47. The number of amides is 1. The number of nitrogens with one attached hydrogen (secondary N) is 1. The van der Waals surface area contributed by atoms with E-state index in [1.165, 1.54) is 11.3 Å². The lowest BCUT2D eigenvalue weighted by molar-refractivity contribution is 0.103. The van der Waals surface area contributed by atoms with Gasteiger partial charge in [0.1, 0.15) is 0 Å². The van der Waals surface area contributed by atoms with Crippen molar-refractivity contribution in [3.63, 3.8) is 0 Å². The molecule has 2 heterocycles. The number of aromatic nitrogens is 2. The quantitative estimate of drug-likeness (QED) is 0.792. The summed E-state index contributed by atoms with van der Waals surface area (Å²) in [6, 6.07) is 11.3. The summed E-state index contributed by atoms with van der Waals surface area (Å²) < 4.78 is 1.64. The molecule has 3 rings (SSSR count). The van der Waals surface area contributed by atoms with Crippen LogP contribution in [-0.4, -0.2) is 15.7 Å². The van der Waals surface area contributed by atoms with Gasteiger partial charge in [-0.2, -0.15) is 5.10 Å². The van der Waals surface area contributed by atoms with Gasteiger partial charge in [-0.1, -0.05) is 23.7 Å². The second-order valence-corrected chi connectivity index (χ2v) is 6.05. The predicted octanol–water partition coefficient (Wildman–Crippen LogP) is 4.05. The average Bonchev–Trinajstić information content (AvgIpc) is 3.09. The number of hydrogen-bond acceptors (Lipinski definition) is 3. The van der Waals surface area contributed by atoms with Crippen LogP contribution in [-0.2, 0) is 7.05 Å². The number of rotatable bonds is 3. The highest BCUT2D eigenvalue weighted by Crippen LogP contribution is 2.29. The first-order chi connectivity index (χ1) is 10.1. The number of halogens is 1. The SMILES string of the molecule is Cn1cc(NC(=O)c2ccc(-c3ccc(Cl)cc3)s2)cn1. The lowest BCUT2D eigenvalue weighted by Crippen LogP contribution is -2.09. The van der Waals surface area contributed by atoms with E-state index in [2.05, 4.69) is 10.4 Å². The first kappa shape index (κ1) is 13.9. The van der Waals surface area contributed by atoms with E-state index in [0.29, 0.717) is 15.6 Å². The van der Waals surface area contributed by atoms with E-state index in [-0.39, 0.29) is 5.91 Å². The summed E-state index contributed by atoms with van der Waals surface area (Å²) in [6.07, 6.45) is 3.37. The Bertz CT molecular complexity index is 776. The van der Waals surface area contributed by atoms with Gasteiger partial charge in [-0.3, -0.25) is 9.48 Å². The maximum atomic E-state index is 12.2. The lowest BCUT2D eigenvalue weighted by Gasteiger charge is -1.99. The Morgan fingerprint density at radius 3 is 2.67 bits per heavy atom. The normalized spacial score (nSPS) is 10.6. The molecule has 3 aromatic rings. The van der Waals surface area contributed by atoms with Crippen LogP contribution >= 0.6 is 22.9 Å². The standard InChI is InChI=1S/C15H12ClN3OS/c1-19-9-12(8-17-19)18-15(20)14-7-6-13(21-14)10-2-4-11(16)5-3-10/h2-9H,1H3,(H,18,20). The number of carbonyl (C=O) groups is 1. The largest absolute Gasteiger partial charge is 0.319 e. The minimum atomic E-state index is -0.131. The fourth-order valence-electron chi connectivity index (χ4n) is 1.91. The molecule has 0 radical (unpaired) electrons. The highest BCUT2D eigenvalue weighted by atomic mass is 35.5. The molecular weight excluding hydrogens is 306 g/mol. The molecule has 0 fully saturated rings. The van der Waals surface area contributed by atoms with Crippen LogP contribution in [0.1, 0.15) is 9.67 Å². The third-order valence-electron chi connectivity index (χ3n) is 2.92. The van der Waals surface area contributed by atoms with E-state index in [1.807, 2.05) is 36.4 Å². The number of anilines is 1. The van der Waals surface area contributed by atoms with Crippen molar-refractivity contribution in [1.82, 2.24) is 9.78 Å². The summed E-state index contributed by atoms with van der Waals surface area (Å²) in [6.45, 7) is 0. The number of nitrogens with zero attached hydrogens (tertiary/aromatic N) is 2. The topological polar surface area (TPSA) is 46.9 Å². The second kappa shape index (κ2) is 5.71. The molecule has 106 valence electrons. The minimum Gasteiger partial charge on any atom is -0.319 e. The molecule has 6 heteroatoms. The Morgan fingerprint density at radius 1 is 1.24 bits per heavy atom. The van der Waals surface area contributed by atoms with Gasteiger partial charge in [0.05, 0.1) is 16.8 Å². The van der Waals surface area contributed by atoms with Crippen molar-refractivity contribution in [3.05, 3.63) is 58.7 Å². The van der Waals surface area contributed by atoms with Gasteiger partial charge in [-0.05, 0) is 29.8 Å².